The van der Waals surface area contributed by atoms with Crippen LogP contribution in [0, 0.1) is 0 Å². The average Bonchev–Trinajstić information content (AvgIpc) is 3.80. The molecule has 11 rings (SSSR count). The lowest BCUT2D eigenvalue weighted by Crippen LogP contribution is -2.02. The molecule has 53 heavy (non-hydrogen) atoms. The van der Waals surface area contributed by atoms with Crippen LogP contribution in [-0.4, -0.2) is 0 Å². The van der Waals surface area contributed by atoms with Crippen molar-refractivity contribution < 1.29 is 13.3 Å². The fourth-order valence-corrected chi connectivity index (χ4v) is 7.90. The molecule has 0 N–H and O–H groups in total. The van der Waals surface area contributed by atoms with Crippen LogP contribution in [0.1, 0.15) is 0 Å². The Bertz CT molecular complexity index is 3100. The van der Waals surface area contributed by atoms with Gasteiger partial charge in [-0.25, -0.2) is 0 Å². The van der Waals surface area contributed by atoms with Crippen LogP contribution >= 0.6 is 0 Å². The van der Waals surface area contributed by atoms with Gasteiger partial charge in [-0.05, 0) is 81.9 Å². The number of hydrogen-bond acceptors (Lipinski definition) is 4. The molecule has 0 bridgehead atoms. The summed E-state index contributed by atoms with van der Waals surface area (Å²) < 4.78 is 19.0. The minimum Gasteiger partial charge on any atom is -0.456 e. The SMILES string of the molecule is O=c1c2cc(-c3cccc(-c4cccc5c4oc4ccccc45)c3)ccc2oc2ccc(-c3cccc(-c4cccc5c4oc4ccccc45)c3)cc12. The van der Waals surface area contributed by atoms with Crippen molar-refractivity contribution in [3.63, 3.8) is 0 Å². The lowest BCUT2D eigenvalue weighted by molar-refractivity contribution is 0.660. The zero-order valence-electron chi connectivity index (χ0n) is 28.3. The first-order valence-electron chi connectivity index (χ1n) is 17.7. The van der Waals surface area contributed by atoms with Crippen LogP contribution in [0.4, 0.5) is 0 Å². The minimum absolute atomic E-state index is 0.0589. The topological polar surface area (TPSA) is 56.5 Å². The smallest absolute Gasteiger partial charge is 0.200 e. The average molecular weight is 681 g/mol. The molecule has 8 aromatic carbocycles. The van der Waals surface area contributed by atoms with E-state index in [2.05, 4.69) is 84.9 Å². The van der Waals surface area contributed by atoms with Gasteiger partial charge in [0.1, 0.15) is 33.5 Å². The van der Waals surface area contributed by atoms with Crippen LogP contribution in [-0.2, 0) is 0 Å². The first-order chi connectivity index (χ1) is 26.2. The Morgan fingerprint density at radius 2 is 0.679 bits per heavy atom. The van der Waals surface area contributed by atoms with E-state index in [1.807, 2.05) is 84.9 Å². The van der Waals surface area contributed by atoms with E-state index in [1.54, 1.807) is 0 Å². The first kappa shape index (κ1) is 29.5. The Hall–Kier alpha value is -7.17. The van der Waals surface area contributed by atoms with Crippen LogP contribution in [0.15, 0.2) is 188 Å². The predicted octanol–water partition coefficient (Wildman–Crippen LogP) is 13.4. The number of rotatable bonds is 4. The Morgan fingerprint density at radius 3 is 1.19 bits per heavy atom. The van der Waals surface area contributed by atoms with Crippen LogP contribution < -0.4 is 5.43 Å². The molecule has 0 aliphatic rings. The molecular weight excluding hydrogens is 653 g/mol. The van der Waals surface area contributed by atoms with Gasteiger partial charge in [0, 0.05) is 32.7 Å². The van der Waals surface area contributed by atoms with Gasteiger partial charge in [0.2, 0.25) is 5.43 Å². The van der Waals surface area contributed by atoms with Crippen molar-refractivity contribution in [2.45, 2.75) is 0 Å². The van der Waals surface area contributed by atoms with Crippen molar-refractivity contribution >= 4 is 65.8 Å². The van der Waals surface area contributed by atoms with Crippen molar-refractivity contribution in [3.05, 3.63) is 180 Å². The van der Waals surface area contributed by atoms with E-state index >= 15 is 0 Å². The second-order valence-corrected chi connectivity index (χ2v) is 13.6. The van der Waals surface area contributed by atoms with Gasteiger partial charge in [-0.15, -0.1) is 0 Å². The first-order valence-corrected chi connectivity index (χ1v) is 17.7. The molecule has 0 saturated carbocycles. The van der Waals surface area contributed by atoms with Gasteiger partial charge in [0.25, 0.3) is 0 Å². The van der Waals surface area contributed by atoms with E-state index < -0.39 is 0 Å². The highest BCUT2D eigenvalue weighted by Gasteiger charge is 2.16. The summed E-state index contributed by atoms with van der Waals surface area (Å²) in [5.74, 6) is 0. The van der Waals surface area contributed by atoms with Gasteiger partial charge < -0.3 is 13.3 Å². The quantitative estimate of drug-likeness (QED) is 0.174. The molecule has 0 spiro atoms. The summed E-state index contributed by atoms with van der Waals surface area (Å²) in [5.41, 5.74) is 12.5. The summed E-state index contributed by atoms with van der Waals surface area (Å²) >= 11 is 0. The maximum Gasteiger partial charge on any atom is 0.200 e. The fraction of sp³-hybridized carbons (Fsp3) is 0. The van der Waals surface area contributed by atoms with E-state index in [-0.39, 0.29) is 5.43 Å². The highest BCUT2D eigenvalue weighted by atomic mass is 16.3. The van der Waals surface area contributed by atoms with Gasteiger partial charge >= 0.3 is 0 Å². The minimum atomic E-state index is -0.0589. The van der Waals surface area contributed by atoms with Crippen LogP contribution in [0.2, 0.25) is 0 Å². The van der Waals surface area contributed by atoms with E-state index in [0.717, 1.165) is 88.4 Å². The van der Waals surface area contributed by atoms with E-state index in [1.165, 1.54) is 0 Å². The summed E-state index contributed by atoms with van der Waals surface area (Å²) in [4.78, 5) is 14.2. The predicted molar refractivity (Wildman–Crippen MR) is 216 cm³/mol. The van der Waals surface area contributed by atoms with Gasteiger partial charge in [-0.3, -0.25) is 4.79 Å². The second-order valence-electron chi connectivity index (χ2n) is 13.6. The zero-order valence-corrected chi connectivity index (χ0v) is 28.3. The van der Waals surface area contributed by atoms with E-state index in [9.17, 15) is 4.79 Å². The van der Waals surface area contributed by atoms with Crippen molar-refractivity contribution in [1.29, 1.82) is 0 Å². The molecule has 0 fully saturated rings. The summed E-state index contributed by atoms with van der Waals surface area (Å²) in [6.45, 7) is 0. The Kier molecular flexibility index (Phi) is 6.37. The third-order valence-corrected chi connectivity index (χ3v) is 10.5. The van der Waals surface area contributed by atoms with Gasteiger partial charge in [-0.1, -0.05) is 121 Å². The van der Waals surface area contributed by atoms with Crippen molar-refractivity contribution in [2.24, 2.45) is 0 Å². The largest absolute Gasteiger partial charge is 0.456 e. The van der Waals surface area contributed by atoms with Crippen molar-refractivity contribution in [2.75, 3.05) is 0 Å². The van der Waals surface area contributed by atoms with Crippen LogP contribution in [0.5, 0.6) is 0 Å². The third-order valence-electron chi connectivity index (χ3n) is 10.5. The molecule has 0 saturated heterocycles. The molecule has 0 radical (unpaired) electrons. The zero-order chi connectivity index (χ0) is 35.0. The Morgan fingerprint density at radius 1 is 0.283 bits per heavy atom. The van der Waals surface area contributed by atoms with E-state index in [4.69, 9.17) is 13.3 Å². The maximum absolute atomic E-state index is 14.2. The number of benzene rings is 8. The monoisotopic (exact) mass is 680 g/mol. The lowest BCUT2D eigenvalue weighted by Gasteiger charge is -2.10. The van der Waals surface area contributed by atoms with Crippen molar-refractivity contribution in [3.8, 4) is 44.5 Å². The van der Waals surface area contributed by atoms with E-state index in [0.29, 0.717) is 21.9 Å². The van der Waals surface area contributed by atoms with Crippen molar-refractivity contribution in [1.82, 2.24) is 0 Å². The number of fused-ring (bicyclic) bond motifs is 8. The molecule has 11 aromatic rings. The summed E-state index contributed by atoms with van der Waals surface area (Å²) in [7, 11) is 0. The fourth-order valence-electron chi connectivity index (χ4n) is 7.90. The molecule has 3 aromatic heterocycles. The summed E-state index contributed by atoms with van der Waals surface area (Å²) in [5, 5.41) is 5.47. The Balaban J connectivity index is 0.989. The Labute approximate surface area is 302 Å². The maximum atomic E-state index is 14.2. The number of furan rings is 2. The normalized spacial score (nSPS) is 11.8. The molecule has 248 valence electrons. The second kappa shape index (κ2) is 11.4. The molecular formula is C49H28O4. The molecule has 3 heterocycles. The van der Waals surface area contributed by atoms with Crippen LogP contribution in [0.25, 0.3) is 110 Å². The van der Waals surface area contributed by atoms with Gasteiger partial charge in [-0.2, -0.15) is 0 Å². The third kappa shape index (κ3) is 4.66. The molecule has 0 unspecified atom stereocenters. The summed E-state index contributed by atoms with van der Waals surface area (Å²) in [6.07, 6.45) is 0. The molecule has 0 aliphatic heterocycles. The lowest BCUT2D eigenvalue weighted by atomic mass is 9.96. The van der Waals surface area contributed by atoms with Gasteiger partial charge in [0.15, 0.2) is 0 Å². The highest BCUT2D eigenvalue weighted by molar-refractivity contribution is 6.11. The molecule has 4 nitrogen and oxygen atoms in total. The molecule has 0 aliphatic carbocycles. The van der Waals surface area contributed by atoms with Crippen LogP contribution in [0.3, 0.4) is 0 Å². The van der Waals surface area contributed by atoms with Gasteiger partial charge in [0.05, 0.1) is 10.8 Å². The highest BCUT2D eigenvalue weighted by Crippen LogP contribution is 2.39. The summed E-state index contributed by atoms with van der Waals surface area (Å²) in [6, 6.07) is 57.3. The standard InChI is InChI=1S/C49H28O4/c50-47-41-27-31(29-9-5-11-33(25-29)35-15-7-17-39-37-13-1-3-19-43(37)52-48(35)39)21-23-45(41)51-46-24-22-32(28-42(46)47)30-10-6-12-34(26-30)36-16-8-18-40-38-14-2-4-20-44(38)53-49(36)40/h1-28H. The molecule has 0 atom stereocenters. The number of para-hydroxylation sites is 4. The number of hydrogen-bond donors (Lipinski definition) is 0. The molecule has 4 heteroatoms. The molecule has 0 amide bonds.